The second-order valence-corrected chi connectivity index (χ2v) is 3.51. The van der Waals surface area contributed by atoms with Gasteiger partial charge in [0.05, 0.1) is 6.61 Å². The molecule has 0 unspecified atom stereocenters. The van der Waals surface area contributed by atoms with Gasteiger partial charge in [-0.05, 0) is 23.7 Å². The summed E-state index contributed by atoms with van der Waals surface area (Å²) in [5.74, 6) is -0.198. The van der Waals surface area contributed by atoms with E-state index in [-0.39, 0.29) is 5.97 Å². The molecule has 0 atom stereocenters. The molecule has 0 aliphatic carbocycles. The number of carbonyl (C=O) groups excluding carboxylic acids is 1. The lowest BCUT2D eigenvalue weighted by molar-refractivity contribution is -0.140. The van der Waals surface area contributed by atoms with E-state index >= 15 is 0 Å². The third kappa shape index (κ3) is 9.94. The third-order valence-corrected chi connectivity index (χ3v) is 2.02. The number of hydrogen-bond acceptors (Lipinski definition) is 2. The molecule has 0 aliphatic heterocycles. The smallest absolute Gasteiger partial charge is 0.302 e. The molecule has 0 aromatic heterocycles. The van der Waals surface area contributed by atoms with E-state index in [1.54, 1.807) is 0 Å². The van der Waals surface area contributed by atoms with Crippen molar-refractivity contribution in [3.8, 4) is 0 Å². The van der Waals surface area contributed by atoms with Gasteiger partial charge in [-0.3, -0.25) is 4.79 Å². The normalized spacial score (nSPS) is 10.5. The Bertz CT molecular complexity index is 143. The number of esters is 1. The first kappa shape index (κ1) is 11.9. The molecule has 0 rings (SSSR count). The van der Waals surface area contributed by atoms with Crippen LogP contribution in [0.3, 0.4) is 0 Å². The van der Waals surface area contributed by atoms with Gasteiger partial charge in [0.25, 0.3) is 0 Å². The number of allylic oxidation sites excluding steroid dienone is 1. The van der Waals surface area contributed by atoms with Gasteiger partial charge in [-0.15, -0.1) is 0 Å². The highest BCUT2D eigenvalue weighted by Gasteiger charge is 1.88. The Morgan fingerprint density at radius 3 is 2.67 bits per heavy atom. The molecule has 0 amide bonds. The van der Waals surface area contributed by atoms with E-state index in [0.29, 0.717) is 6.61 Å². The highest BCUT2D eigenvalue weighted by atomic mass is 127. The number of unbranched alkanes of at least 4 members (excludes halogenated alkanes) is 1. The monoisotopic (exact) mass is 282 g/mol. The van der Waals surface area contributed by atoms with E-state index in [9.17, 15) is 4.79 Å². The van der Waals surface area contributed by atoms with Crippen LogP contribution >= 0.6 is 22.6 Å². The number of carbonyl (C=O) groups is 1. The average molecular weight is 282 g/mol. The van der Waals surface area contributed by atoms with Crippen molar-refractivity contribution >= 4 is 28.6 Å². The summed E-state index contributed by atoms with van der Waals surface area (Å²) in [6.45, 7) is 1.94. The van der Waals surface area contributed by atoms with Crippen LogP contribution in [0.5, 0.6) is 0 Å². The average Bonchev–Trinajstić information content (AvgIpc) is 2.02. The third-order valence-electron chi connectivity index (χ3n) is 1.26. The molecule has 0 heterocycles. The lowest BCUT2D eigenvalue weighted by Crippen LogP contribution is -1.98. The quantitative estimate of drug-likeness (QED) is 0.246. The predicted octanol–water partition coefficient (Wildman–Crippen LogP) is 2.71. The van der Waals surface area contributed by atoms with E-state index in [0.717, 1.165) is 12.8 Å². The van der Waals surface area contributed by atoms with Crippen LogP contribution in [0.4, 0.5) is 0 Å². The Morgan fingerprint density at radius 1 is 1.42 bits per heavy atom. The zero-order valence-electron chi connectivity index (χ0n) is 7.38. The molecule has 0 radical (unpaired) electrons. The second-order valence-electron chi connectivity index (χ2n) is 2.43. The number of alkyl halides is 1. The number of rotatable bonds is 6. The fourth-order valence-corrected chi connectivity index (χ4v) is 1.14. The van der Waals surface area contributed by atoms with Gasteiger partial charge in [0.15, 0.2) is 0 Å². The topological polar surface area (TPSA) is 26.3 Å². The van der Waals surface area contributed by atoms with Crippen molar-refractivity contribution in [2.24, 2.45) is 0 Å². The second kappa shape index (κ2) is 9.03. The summed E-state index contributed by atoms with van der Waals surface area (Å²) in [5, 5.41) is 0. The molecule has 70 valence electrons. The minimum Gasteiger partial charge on any atom is -0.466 e. The van der Waals surface area contributed by atoms with Gasteiger partial charge < -0.3 is 4.74 Å². The van der Waals surface area contributed by atoms with Crippen molar-refractivity contribution in [1.82, 2.24) is 0 Å². The fourth-order valence-electron chi connectivity index (χ4n) is 0.701. The predicted molar refractivity (Wildman–Crippen MR) is 58.5 cm³/mol. The zero-order valence-corrected chi connectivity index (χ0v) is 9.54. The van der Waals surface area contributed by atoms with Gasteiger partial charge in [0.1, 0.15) is 0 Å². The first-order valence-electron chi connectivity index (χ1n) is 4.11. The maximum atomic E-state index is 10.3. The van der Waals surface area contributed by atoms with E-state index in [2.05, 4.69) is 34.7 Å². The Kier molecular flexibility index (Phi) is 8.99. The van der Waals surface area contributed by atoms with Gasteiger partial charge in [0.2, 0.25) is 0 Å². The minimum atomic E-state index is -0.198. The number of hydrogen-bond donors (Lipinski definition) is 0. The van der Waals surface area contributed by atoms with E-state index < -0.39 is 0 Å². The summed E-state index contributed by atoms with van der Waals surface area (Å²) in [6, 6.07) is 0. The van der Waals surface area contributed by atoms with Crippen LogP contribution in [0.2, 0.25) is 0 Å². The molecular formula is C9H15IO2. The van der Waals surface area contributed by atoms with E-state index in [1.165, 1.54) is 17.8 Å². The first-order chi connectivity index (χ1) is 5.77. The lowest BCUT2D eigenvalue weighted by atomic mass is 10.3. The van der Waals surface area contributed by atoms with Crippen LogP contribution in [0.15, 0.2) is 12.2 Å². The Morgan fingerprint density at radius 2 is 2.08 bits per heavy atom. The summed E-state index contributed by atoms with van der Waals surface area (Å²) < 4.78 is 5.96. The van der Waals surface area contributed by atoms with E-state index in [4.69, 9.17) is 4.74 Å². The SMILES string of the molecule is CC(=O)OCC/C=C/CCCI. The molecule has 3 heteroatoms. The van der Waals surface area contributed by atoms with Gasteiger partial charge >= 0.3 is 5.97 Å². The Labute approximate surface area is 87.5 Å². The Hall–Kier alpha value is -0.0600. The van der Waals surface area contributed by atoms with Crippen LogP contribution in [0, 0.1) is 0 Å². The molecule has 0 saturated heterocycles. The summed E-state index contributed by atoms with van der Waals surface area (Å²) >= 11 is 2.36. The largest absolute Gasteiger partial charge is 0.466 e. The molecule has 0 aromatic rings. The molecule has 0 spiro atoms. The molecule has 0 bridgehead atoms. The van der Waals surface area contributed by atoms with Crippen LogP contribution in [0.25, 0.3) is 0 Å². The summed E-state index contributed by atoms with van der Waals surface area (Å²) in [7, 11) is 0. The highest BCUT2D eigenvalue weighted by molar-refractivity contribution is 14.1. The lowest BCUT2D eigenvalue weighted by Gasteiger charge is -1.96. The maximum absolute atomic E-state index is 10.3. The molecule has 12 heavy (non-hydrogen) atoms. The molecule has 0 saturated carbocycles. The first-order valence-corrected chi connectivity index (χ1v) is 5.64. The molecule has 0 aliphatic rings. The number of halogens is 1. The van der Waals surface area contributed by atoms with Gasteiger partial charge in [-0.1, -0.05) is 34.7 Å². The van der Waals surface area contributed by atoms with Crippen LogP contribution < -0.4 is 0 Å². The standard InChI is InChI=1S/C9H15IO2/c1-9(11)12-8-6-4-2-3-5-7-10/h2,4H,3,5-8H2,1H3/b4-2+. The van der Waals surface area contributed by atoms with Crippen molar-refractivity contribution in [3.05, 3.63) is 12.2 Å². The van der Waals surface area contributed by atoms with Crippen LogP contribution in [0.1, 0.15) is 26.2 Å². The maximum Gasteiger partial charge on any atom is 0.302 e. The van der Waals surface area contributed by atoms with Crippen LogP contribution in [-0.2, 0) is 9.53 Å². The van der Waals surface area contributed by atoms with Gasteiger partial charge in [-0.25, -0.2) is 0 Å². The Balaban J connectivity index is 3.08. The van der Waals surface area contributed by atoms with Crippen molar-refractivity contribution in [2.45, 2.75) is 26.2 Å². The molecule has 0 N–H and O–H groups in total. The van der Waals surface area contributed by atoms with Crippen molar-refractivity contribution in [1.29, 1.82) is 0 Å². The van der Waals surface area contributed by atoms with Crippen molar-refractivity contribution in [2.75, 3.05) is 11.0 Å². The van der Waals surface area contributed by atoms with E-state index in [1.807, 2.05) is 0 Å². The number of ether oxygens (including phenoxy) is 1. The van der Waals surface area contributed by atoms with Crippen molar-refractivity contribution < 1.29 is 9.53 Å². The van der Waals surface area contributed by atoms with Crippen LogP contribution in [-0.4, -0.2) is 17.0 Å². The molecule has 0 aromatic carbocycles. The fraction of sp³-hybridized carbons (Fsp3) is 0.667. The minimum absolute atomic E-state index is 0.198. The summed E-state index contributed by atoms with van der Waals surface area (Å²) in [5.41, 5.74) is 0. The van der Waals surface area contributed by atoms with Gasteiger partial charge in [0, 0.05) is 6.92 Å². The molecule has 2 nitrogen and oxygen atoms in total. The summed E-state index contributed by atoms with van der Waals surface area (Å²) in [6.07, 6.45) is 7.39. The zero-order chi connectivity index (χ0) is 9.23. The van der Waals surface area contributed by atoms with Crippen molar-refractivity contribution in [3.63, 3.8) is 0 Å². The summed E-state index contributed by atoms with van der Waals surface area (Å²) in [4.78, 5) is 10.3. The molecule has 0 fully saturated rings. The molecular weight excluding hydrogens is 267 g/mol. The highest BCUT2D eigenvalue weighted by Crippen LogP contribution is 1.96. The van der Waals surface area contributed by atoms with Gasteiger partial charge in [-0.2, -0.15) is 0 Å².